The van der Waals surface area contributed by atoms with E-state index in [1.54, 1.807) is 37.7 Å². The number of aromatic nitrogens is 2. The van der Waals surface area contributed by atoms with E-state index in [1.807, 2.05) is 42.6 Å². The van der Waals surface area contributed by atoms with E-state index in [0.29, 0.717) is 43.1 Å². The summed E-state index contributed by atoms with van der Waals surface area (Å²) in [6, 6.07) is 10.8. The summed E-state index contributed by atoms with van der Waals surface area (Å²) in [7, 11) is 3.09. The minimum absolute atomic E-state index is 0.189. The summed E-state index contributed by atoms with van der Waals surface area (Å²) in [6.45, 7) is 8.20. The molecule has 4 aromatic rings. The number of esters is 1. The number of allylic oxidation sites excluding steroid dienone is 2. The maximum Gasteiger partial charge on any atom is 0.338 e. The Morgan fingerprint density at radius 2 is 1.93 bits per heavy atom. The van der Waals surface area contributed by atoms with Crippen molar-refractivity contribution in [1.29, 1.82) is 0 Å². The number of rotatable bonds is 8. The van der Waals surface area contributed by atoms with Crippen molar-refractivity contribution >= 4 is 50.2 Å². The molecule has 0 aliphatic carbocycles. The lowest BCUT2D eigenvalue weighted by Crippen LogP contribution is -2.40. The summed E-state index contributed by atoms with van der Waals surface area (Å²) in [5.74, 6) is 0.452. The highest BCUT2D eigenvalue weighted by Crippen LogP contribution is 2.40. The van der Waals surface area contributed by atoms with Crippen molar-refractivity contribution < 1.29 is 19.0 Å². The van der Waals surface area contributed by atoms with Crippen LogP contribution in [-0.2, 0) is 16.1 Å². The van der Waals surface area contributed by atoms with Gasteiger partial charge in [0.2, 0.25) is 0 Å². The van der Waals surface area contributed by atoms with Crippen molar-refractivity contribution in [2.75, 3.05) is 20.8 Å². The van der Waals surface area contributed by atoms with Gasteiger partial charge in [0.05, 0.1) is 42.7 Å². The van der Waals surface area contributed by atoms with Crippen molar-refractivity contribution in [3.8, 4) is 11.5 Å². The van der Waals surface area contributed by atoms with Gasteiger partial charge < -0.3 is 18.8 Å². The summed E-state index contributed by atoms with van der Waals surface area (Å²) in [5, 5.41) is 1.03. The molecule has 206 valence electrons. The largest absolute Gasteiger partial charge is 0.493 e. The lowest BCUT2D eigenvalue weighted by molar-refractivity contribution is -0.139. The molecule has 2 aromatic heterocycles. The average molecular weight is 623 g/mol. The van der Waals surface area contributed by atoms with E-state index in [9.17, 15) is 9.59 Å². The van der Waals surface area contributed by atoms with Crippen LogP contribution in [0.25, 0.3) is 17.0 Å². The third-order valence-electron chi connectivity index (χ3n) is 6.75. The molecule has 1 aliphatic heterocycles. The molecule has 0 radical (unpaired) electrons. The first kappa shape index (κ1) is 27.7. The van der Waals surface area contributed by atoms with E-state index in [0.717, 1.165) is 16.5 Å². The number of para-hydroxylation sites is 1. The molecule has 1 atom stereocenters. The van der Waals surface area contributed by atoms with Gasteiger partial charge in [-0.25, -0.2) is 9.79 Å². The third-order valence-corrected chi connectivity index (χ3v) is 8.42. The summed E-state index contributed by atoms with van der Waals surface area (Å²) in [4.78, 5) is 32.5. The van der Waals surface area contributed by atoms with Crippen molar-refractivity contribution in [3.63, 3.8) is 0 Å². The summed E-state index contributed by atoms with van der Waals surface area (Å²) >= 11 is 4.91. The molecule has 1 aliphatic rings. The molecule has 8 nitrogen and oxygen atoms in total. The minimum Gasteiger partial charge on any atom is -0.493 e. The van der Waals surface area contributed by atoms with Crippen LogP contribution >= 0.6 is 27.3 Å². The fourth-order valence-electron chi connectivity index (χ4n) is 4.99. The molecular formula is C30H28BrN3O5S. The van der Waals surface area contributed by atoms with Gasteiger partial charge in [0.15, 0.2) is 16.3 Å². The molecule has 3 heterocycles. The number of nitrogens with zero attached hydrogens (tertiary/aromatic N) is 3. The standard InChI is InChI=1S/C30H28BrN3O5S/c1-6-12-33-16-18(19-10-8-9-11-22(19)33)13-25-28(35)34-27(20-14-23(37-4)24(38-5)15-21(20)31)26(29(36)39-7-2)17(3)32-30(34)40-25/h6,8-11,13-16,27H,1,7,12H2,2-5H3/b25-13-/t27-/m1/s1. The highest BCUT2D eigenvalue weighted by Gasteiger charge is 2.35. The molecule has 0 N–H and O–H groups in total. The summed E-state index contributed by atoms with van der Waals surface area (Å²) in [5.41, 5.74) is 3.12. The Morgan fingerprint density at radius 3 is 2.62 bits per heavy atom. The molecule has 0 unspecified atom stereocenters. The van der Waals surface area contributed by atoms with Crippen LogP contribution in [-0.4, -0.2) is 35.9 Å². The van der Waals surface area contributed by atoms with E-state index in [2.05, 4.69) is 32.1 Å². The molecule has 0 saturated carbocycles. The van der Waals surface area contributed by atoms with Gasteiger partial charge in [-0.2, -0.15) is 0 Å². The fraction of sp³-hybridized carbons (Fsp3) is 0.233. The maximum absolute atomic E-state index is 14.1. The van der Waals surface area contributed by atoms with Gasteiger partial charge in [0.1, 0.15) is 0 Å². The minimum atomic E-state index is -0.797. The predicted molar refractivity (Wildman–Crippen MR) is 160 cm³/mol. The zero-order valence-electron chi connectivity index (χ0n) is 22.6. The molecular weight excluding hydrogens is 594 g/mol. The second-order valence-electron chi connectivity index (χ2n) is 9.07. The number of hydrogen-bond donors (Lipinski definition) is 0. The van der Waals surface area contributed by atoms with Gasteiger partial charge >= 0.3 is 5.97 Å². The number of fused-ring (bicyclic) bond motifs is 2. The molecule has 0 spiro atoms. The van der Waals surface area contributed by atoms with E-state index < -0.39 is 12.0 Å². The Balaban J connectivity index is 1.78. The van der Waals surface area contributed by atoms with E-state index in [1.165, 1.54) is 18.4 Å². The third kappa shape index (κ3) is 4.71. The van der Waals surface area contributed by atoms with Crippen LogP contribution < -0.4 is 24.4 Å². The maximum atomic E-state index is 14.1. The van der Waals surface area contributed by atoms with E-state index in [4.69, 9.17) is 14.2 Å². The van der Waals surface area contributed by atoms with Crippen molar-refractivity contribution in [2.45, 2.75) is 26.4 Å². The highest BCUT2D eigenvalue weighted by atomic mass is 79.9. The van der Waals surface area contributed by atoms with Gasteiger partial charge in [0.25, 0.3) is 5.56 Å². The lowest BCUT2D eigenvalue weighted by Gasteiger charge is -2.26. The SMILES string of the molecule is C=CCn1cc(/C=c2\sc3n(c2=O)[C@H](c2cc(OC)c(OC)cc2Br)C(C(=O)OCC)=C(C)N=3)c2ccccc21. The molecule has 0 fully saturated rings. The number of benzene rings is 2. The number of ether oxygens (including phenoxy) is 3. The van der Waals surface area contributed by atoms with Crippen molar-refractivity contribution in [3.05, 3.63) is 102 Å². The van der Waals surface area contributed by atoms with Crippen molar-refractivity contribution in [1.82, 2.24) is 9.13 Å². The smallest absolute Gasteiger partial charge is 0.338 e. The molecule has 0 saturated heterocycles. The Kier molecular flexibility index (Phi) is 7.82. The monoisotopic (exact) mass is 621 g/mol. The first-order valence-corrected chi connectivity index (χ1v) is 14.2. The lowest BCUT2D eigenvalue weighted by atomic mass is 9.95. The fourth-order valence-corrected chi connectivity index (χ4v) is 6.56. The van der Waals surface area contributed by atoms with Gasteiger partial charge in [-0.1, -0.05) is 51.5 Å². The second-order valence-corrected chi connectivity index (χ2v) is 10.9. The predicted octanol–water partition coefficient (Wildman–Crippen LogP) is 4.72. The van der Waals surface area contributed by atoms with Gasteiger partial charge in [-0.15, -0.1) is 6.58 Å². The van der Waals surface area contributed by atoms with Gasteiger partial charge in [0, 0.05) is 33.7 Å². The number of carbonyl (C=O) groups excluding carboxylic acids is 1. The van der Waals surface area contributed by atoms with Crippen molar-refractivity contribution in [2.24, 2.45) is 4.99 Å². The van der Waals surface area contributed by atoms with Crippen LogP contribution in [0.1, 0.15) is 31.0 Å². The molecule has 0 bridgehead atoms. The number of methoxy groups -OCH3 is 2. The van der Waals surface area contributed by atoms with Crippen LogP contribution in [0.3, 0.4) is 0 Å². The first-order chi connectivity index (χ1) is 19.3. The molecule has 2 aromatic carbocycles. The van der Waals surface area contributed by atoms with Gasteiger partial charge in [-0.05, 0) is 43.7 Å². The normalized spacial score (nSPS) is 15.1. The van der Waals surface area contributed by atoms with Crippen LogP contribution in [0.2, 0.25) is 0 Å². The van der Waals surface area contributed by atoms with Gasteiger partial charge in [-0.3, -0.25) is 9.36 Å². The summed E-state index contributed by atoms with van der Waals surface area (Å²) < 4.78 is 21.2. The zero-order valence-corrected chi connectivity index (χ0v) is 25.0. The Morgan fingerprint density at radius 1 is 1.20 bits per heavy atom. The molecule has 0 amide bonds. The van der Waals surface area contributed by atoms with Crippen LogP contribution in [0, 0.1) is 0 Å². The number of hydrogen-bond acceptors (Lipinski definition) is 7. The number of thiazole rings is 1. The Hall–Kier alpha value is -3.89. The first-order valence-electron chi connectivity index (χ1n) is 12.6. The van der Waals surface area contributed by atoms with Crippen LogP contribution in [0.4, 0.5) is 0 Å². The van der Waals surface area contributed by atoms with E-state index >= 15 is 0 Å². The number of carbonyl (C=O) groups is 1. The second kappa shape index (κ2) is 11.3. The quantitative estimate of drug-likeness (QED) is 0.210. The highest BCUT2D eigenvalue weighted by molar-refractivity contribution is 9.10. The van der Waals surface area contributed by atoms with E-state index in [-0.39, 0.29) is 17.7 Å². The average Bonchev–Trinajstić information content (AvgIpc) is 3.44. The van der Waals surface area contributed by atoms with Crippen LogP contribution in [0.5, 0.6) is 11.5 Å². The topological polar surface area (TPSA) is 84.0 Å². The van der Waals surface area contributed by atoms with Crippen LogP contribution in [0.15, 0.2) is 80.8 Å². The molecule has 5 rings (SSSR count). The zero-order chi connectivity index (χ0) is 28.6. The molecule has 40 heavy (non-hydrogen) atoms. The Labute approximate surface area is 243 Å². The number of halogens is 1. The summed E-state index contributed by atoms with van der Waals surface area (Å²) in [6.07, 6.45) is 5.74. The Bertz CT molecular complexity index is 1860. The molecule has 10 heteroatoms.